The first-order valence-corrected chi connectivity index (χ1v) is 5.40. The third kappa shape index (κ3) is 4.06. The molecular formula is C12H16N2O4. The minimum Gasteiger partial charge on any atom is -0.495 e. The average Bonchev–Trinajstić information content (AvgIpc) is 2.39. The number of carbonyl (C=O) groups excluding carboxylic acids is 2. The molecule has 1 aromatic rings. The molecule has 0 radical (unpaired) electrons. The second-order valence-electron chi connectivity index (χ2n) is 3.40. The lowest BCUT2D eigenvalue weighted by atomic mass is 10.3. The Balaban J connectivity index is 2.55. The summed E-state index contributed by atoms with van der Waals surface area (Å²) in [6, 6.07) is 6.85. The molecule has 0 atom stereocenters. The fourth-order valence-corrected chi connectivity index (χ4v) is 1.27. The summed E-state index contributed by atoms with van der Waals surface area (Å²) in [5.74, 6) is -0.955. The van der Waals surface area contributed by atoms with E-state index < -0.39 is 11.8 Å². The summed E-state index contributed by atoms with van der Waals surface area (Å²) >= 11 is 0. The number of hydrogen-bond acceptors (Lipinski definition) is 4. The maximum Gasteiger partial charge on any atom is 0.313 e. The topological polar surface area (TPSA) is 76.7 Å². The Bertz CT molecular complexity index is 420. The number of nitrogens with one attached hydrogen (secondary N) is 2. The maximum atomic E-state index is 11.6. The summed E-state index contributed by atoms with van der Waals surface area (Å²) in [5.41, 5.74) is 0.451. The Morgan fingerprint density at radius 3 is 2.56 bits per heavy atom. The molecule has 2 amide bonds. The molecule has 0 unspecified atom stereocenters. The second-order valence-corrected chi connectivity index (χ2v) is 3.40. The van der Waals surface area contributed by atoms with Crippen molar-refractivity contribution in [2.75, 3.05) is 32.7 Å². The molecule has 0 aliphatic rings. The lowest BCUT2D eigenvalue weighted by Crippen LogP contribution is -2.37. The van der Waals surface area contributed by atoms with Crippen molar-refractivity contribution in [3.05, 3.63) is 24.3 Å². The Morgan fingerprint density at radius 1 is 1.17 bits per heavy atom. The number of ether oxygens (including phenoxy) is 2. The van der Waals surface area contributed by atoms with Crippen LogP contribution in [0.5, 0.6) is 5.75 Å². The molecular weight excluding hydrogens is 236 g/mol. The molecule has 0 fully saturated rings. The van der Waals surface area contributed by atoms with Gasteiger partial charge in [0.2, 0.25) is 0 Å². The van der Waals surface area contributed by atoms with Gasteiger partial charge in [-0.2, -0.15) is 0 Å². The summed E-state index contributed by atoms with van der Waals surface area (Å²) in [5, 5.41) is 4.90. The van der Waals surface area contributed by atoms with Crippen LogP contribution in [0.3, 0.4) is 0 Å². The molecule has 98 valence electrons. The van der Waals surface area contributed by atoms with E-state index in [9.17, 15) is 9.59 Å². The number of rotatable bonds is 5. The van der Waals surface area contributed by atoms with Gasteiger partial charge in [-0.05, 0) is 12.1 Å². The van der Waals surface area contributed by atoms with Gasteiger partial charge in [-0.1, -0.05) is 12.1 Å². The first kappa shape index (κ1) is 14.0. The van der Waals surface area contributed by atoms with Gasteiger partial charge in [-0.15, -0.1) is 0 Å². The van der Waals surface area contributed by atoms with Crippen molar-refractivity contribution in [3.8, 4) is 5.75 Å². The van der Waals surface area contributed by atoms with Crippen molar-refractivity contribution in [3.63, 3.8) is 0 Å². The van der Waals surface area contributed by atoms with Gasteiger partial charge >= 0.3 is 11.8 Å². The number of hydrogen-bond donors (Lipinski definition) is 2. The summed E-state index contributed by atoms with van der Waals surface area (Å²) in [6.07, 6.45) is 0. The zero-order chi connectivity index (χ0) is 13.4. The van der Waals surface area contributed by atoms with Crippen LogP contribution in [-0.2, 0) is 14.3 Å². The van der Waals surface area contributed by atoms with E-state index in [0.29, 0.717) is 18.0 Å². The number of amides is 2. The summed E-state index contributed by atoms with van der Waals surface area (Å²) in [4.78, 5) is 23.0. The van der Waals surface area contributed by atoms with E-state index in [0.717, 1.165) is 0 Å². The fourth-order valence-electron chi connectivity index (χ4n) is 1.27. The van der Waals surface area contributed by atoms with E-state index in [-0.39, 0.29) is 6.54 Å². The van der Waals surface area contributed by atoms with Crippen LogP contribution in [0.1, 0.15) is 0 Å². The fraction of sp³-hybridized carbons (Fsp3) is 0.333. The summed E-state index contributed by atoms with van der Waals surface area (Å²) in [6.45, 7) is 0.641. The first-order chi connectivity index (χ1) is 8.69. The molecule has 0 saturated heterocycles. The molecule has 0 aliphatic heterocycles. The minimum absolute atomic E-state index is 0.286. The van der Waals surface area contributed by atoms with E-state index in [2.05, 4.69) is 10.6 Å². The van der Waals surface area contributed by atoms with Crippen LogP contribution in [0.25, 0.3) is 0 Å². The average molecular weight is 252 g/mol. The third-order valence-corrected chi connectivity index (χ3v) is 2.15. The molecule has 6 nitrogen and oxygen atoms in total. The number of benzene rings is 1. The highest BCUT2D eigenvalue weighted by atomic mass is 16.5. The van der Waals surface area contributed by atoms with Crippen molar-refractivity contribution in [2.45, 2.75) is 0 Å². The third-order valence-electron chi connectivity index (χ3n) is 2.15. The molecule has 0 spiro atoms. The molecule has 1 aromatic carbocycles. The van der Waals surface area contributed by atoms with Crippen LogP contribution in [0.4, 0.5) is 5.69 Å². The van der Waals surface area contributed by atoms with Gasteiger partial charge in [0, 0.05) is 13.7 Å². The van der Waals surface area contributed by atoms with E-state index in [1.807, 2.05) is 0 Å². The van der Waals surface area contributed by atoms with Gasteiger partial charge < -0.3 is 20.1 Å². The van der Waals surface area contributed by atoms with Crippen LogP contribution in [0.15, 0.2) is 24.3 Å². The first-order valence-electron chi connectivity index (χ1n) is 5.40. The zero-order valence-corrected chi connectivity index (χ0v) is 10.4. The van der Waals surface area contributed by atoms with Crippen molar-refractivity contribution >= 4 is 17.5 Å². The van der Waals surface area contributed by atoms with Crippen LogP contribution in [0, 0.1) is 0 Å². The number of anilines is 1. The number of methoxy groups -OCH3 is 2. The standard InChI is InChI=1S/C12H16N2O4/c1-17-8-7-13-11(15)12(16)14-9-5-3-4-6-10(9)18-2/h3-6H,7-8H2,1-2H3,(H,13,15)(H,14,16). The lowest BCUT2D eigenvalue weighted by Gasteiger charge is -2.09. The van der Waals surface area contributed by atoms with Crippen molar-refractivity contribution in [2.24, 2.45) is 0 Å². The van der Waals surface area contributed by atoms with Gasteiger partial charge in [-0.25, -0.2) is 0 Å². The molecule has 0 saturated carbocycles. The Morgan fingerprint density at radius 2 is 1.89 bits per heavy atom. The van der Waals surface area contributed by atoms with Crippen molar-refractivity contribution in [1.82, 2.24) is 5.32 Å². The summed E-state index contributed by atoms with van der Waals surface area (Å²) < 4.78 is 9.82. The molecule has 18 heavy (non-hydrogen) atoms. The number of para-hydroxylation sites is 2. The van der Waals surface area contributed by atoms with Gasteiger partial charge in [0.15, 0.2) is 0 Å². The number of carbonyl (C=O) groups is 2. The van der Waals surface area contributed by atoms with Gasteiger partial charge in [0.25, 0.3) is 0 Å². The molecule has 0 heterocycles. The van der Waals surface area contributed by atoms with Crippen molar-refractivity contribution in [1.29, 1.82) is 0 Å². The Kier molecular flexibility index (Phi) is 5.66. The minimum atomic E-state index is -0.740. The molecule has 0 bridgehead atoms. The highest BCUT2D eigenvalue weighted by Crippen LogP contribution is 2.22. The van der Waals surface area contributed by atoms with Gasteiger partial charge in [0.05, 0.1) is 19.4 Å². The highest BCUT2D eigenvalue weighted by Gasteiger charge is 2.14. The SMILES string of the molecule is COCCNC(=O)C(=O)Nc1ccccc1OC. The van der Waals surface area contributed by atoms with Crippen molar-refractivity contribution < 1.29 is 19.1 Å². The van der Waals surface area contributed by atoms with E-state index >= 15 is 0 Å². The molecule has 0 aromatic heterocycles. The van der Waals surface area contributed by atoms with E-state index in [1.54, 1.807) is 24.3 Å². The van der Waals surface area contributed by atoms with Crippen LogP contribution in [-0.4, -0.2) is 39.2 Å². The lowest BCUT2D eigenvalue weighted by molar-refractivity contribution is -0.136. The normalized spacial score (nSPS) is 9.67. The van der Waals surface area contributed by atoms with Gasteiger partial charge in [-0.3, -0.25) is 9.59 Å². The highest BCUT2D eigenvalue weighted by molar-refractivity contribution is 6.39. The van der Waals surface area contributed by atoms with Crippen LogP contribution >= 0.6 is 0 Å². The Hall–Kier alpha value is -2.08. The van der Waals surface area contributed by atoms with Crippen LogP contribution < -0.4 is 15.4 Å². The predicted molar refractivity (Wildman–Crippen MR) is 66.5 cm³/mol. The quantitative estimate of drug-likeness (QED) is 0.587. The molecule has 2 N–H and O–H groups in total. The zero-order valence-electron chi connectivity index (χ0n) is 10.4. The second kappa shape index (κ2) is 7.29. The monoisotopic (exact) mass is 252 g/mol. The van der Waals surface area contributed by atoms with E-state index in [4.69, 9.17) is 9.47 Å². The predicted octanol–water partition coefficient (Wildman–Crippen LogP) is 0.396. The van der Waals surface area contributed by atoms with Gasteiger partial charge in [0.1, 0.15) is 5.75 Å². The maximum absolute atomic E-state index is 11.6. The molecule has 6 heteroatoms. The Labute approximate surface area is 105 Å². The molecule has 1 rings (SSSR count). The smallest absolute Gasteiger partial charge is 0.313 e. The largest absolute Gasteiger partial charge is 0.495 e. The summed E-state index contributed by atoms with van der Waals surface area (Å²) in [7, 11) is 3.00. The van der Waals surface area contributed by atoms with E-state index in [1.165, 1.54) is 14.2 Å². The molecule has 0 aliphatic carbocycles. The van der Waals surface area contributed by atoms with Crippen LogP contribution in [0.2, 0.25) is 0 Å².